The Morgan fingerprint density at radius 2 is 1.71 bits per heavy atom. The first-order chi connectivity index (χ1) is 16.2. The molecule has 0 unspecified atom stereocenters. The lowest BCUT2D eigenvalue weighted by Crippen LogP contribution is -2.45. The van der Waals surface area contributed by atoms with Crippen molar-refractivity contribution in [3.8, 4) is 0 Å². The summed E-state index contributed by atoms with van der Waals surface area (Å²) in [7, 11) is 1.87. The highest BCUT2D eigenvalue weighted by Gasteiger charge is 2.38. The van der Waals surface area contributed by atoms with Gasteiger partial charge in [-0.1, -0.05) is 0 Å². The van der Waals surface area contributed by atoms with E-state index in [1.165, 1.54) is 9.80 Å². The fraction of sp³-hybridized carbons (Fsp3) is 0.545. The number of carbonyl (C=O) groups is 2. The van der Waals surface area contributed by atoms with Gasteiger partial charge in [-0.3, -0.25) is 10.1 Å². The Morgan fingerprint density at radius 3 is 2.18 bits per heavy atom. The Labute approximate surface area is 195 Å². The topological polar surface area (TPSA) is 105 Å². The van der Waals surface area contributed by atoms with Crippen molar-refractivity contribution >= 4 is 29.0 Å². The van der Waals surface area contributed by atoms with Crippen LogP contribution in [0, 0.1) is 21.7 Å². The maximum absolute atomic E-state index is 15.9. The monoisotopic (exact) mass is 482 g/mol. The van der Waals surface area contributed by atoms with E-state index >= 15 is 8.78 Å². The summed E-state index contributed by atoms with van der Waals surface area (Å²) >= 11 is 0. The molecular weight excluding hydrogens is 454 g/mol. The van der Waals surface area contributed by atoms with Crippen LogP contribution in [0.3, 0.4) is 0 Å². The van der Waals surface area contributed by atoms with Gasteiger partial charge in [0, 0.05) is 44.5 Å². The number of halogens is 2. The number of carbonyl (C=O) groups excluding carboxylic acids is 2. The molecule has 1 saturated heterocycles. The third-order valence-corrected chi connectivity index (χ3v) is 5.63. The van der Waals surface area contributed by atoms with Crippen LogP contribution in [0.1, 0.15) is 26.7 Å². The molecule has 1 aromatic carbocycles. The van der Waals surface area contributed by atoms with Crippen molar-refractivity contribution in [2.45, 2.75) is 32.7 Å². The number of ether oxygens (including phenoxy) is 2. The van der Waals surface area contributed by atoms with E-state index in [1.807, 2.05) is 11.9 Å². The molecule has 2 aliphatic rings. The van der Waals surface area contributed by atoms with Gasteiger partial charge in [0.25, 0.3) is 0 Å². The predicted molar refractivity (Wildman–Crippen MR) is 120 cm³/mol. The van der Waals surface area contributed by atoms with Crippen molar-refractivity contribution in [3.63, 3.8) is 0 Å². The Balaban J connectivity index is 2.14. The third kappa shape index (κ3) is 5.44. The Kier molecular flexibility index (Phi) is 8.02. The fourth-order valence-corrected chi connectivity index (χ4v) is 3.74. The number of anilines is 2. The van der Waals surface area contributed by atoms with Gasteiger partial charge in [0.15, 0.2) is 17.1 Å². The molecule has 0 atom stereocenters. The lowest BCUT2D eigenvalue weighted by Gasteiger charge is -2.34. The van der Waals surface area contributed by atoms with Crippen LogP contribution in [0.4, 0.5) is 25.8 Å². The number of hydrogen-bond donors (Lipinski definition) is 0. The van der Waals surface area contributed by atoms with Gasteiger partial charge in [-0.2, -0.15) is 4.39 Å². The highest BCUT2D eigenvalue weighted by molar-refractivity contribution is 6.14. The number of piperazine rings is 1. The standard InChI is InChI=1S/C22H28F2N4O6/c1-4-33-21(29)15(22(30)34-5-2)13-27(14-6-7-14)17-12-16(23)19(28(31)32)20(18(17)24)26-10-8-25(3)9-11-26/h12-14H,4-11H2,1-3H3. The Morgan fingerprint density at radius 1 is 1.15 bits per heavy atom. The molecule has 1 saturated carbocycles. The molecule has 0 aromatic heterocycles. The van der Waals surface area contributed by atoms with E-state index in [2.05, 4.69) is 0 Å². The molecule has 1 heterocycles. The number of nitro benzene ring substituents is 1. The summed E-state index contributed by atoms with van der Waals surface area (Å²) in [6, 6.07) is 0.407. The van der Waals surface area contributed by atoms with Crippen LogP contribution in [-0.2, 0) is 19.1 Å². The first-order valence-electron chi connectivity index (χ1n) is 11.1. The van der Waals surface area contributed by atoms with E-state index in [0.717, 1.165) is 12.3 Å². The maximum Gasteiger partial charge on any atom is 0.347 e. The van der Waals surface area contributed by atoms with Gasteiger partial charge in [0.1, 0.15) is 0 Å². The number of rotatable bonds is 9. The molecule has 12 heteroatoms. The molecule has 1 aromatic rings. The zero-order chi connectivity index (χ0) is 25.0. The summed E-state index contributed by atoms with van der Waals surface area (Å²) in [5.74, 6) is -4.13. The molecule has 0 amide bonds. The normalized spacial score (nSPS) is 16.1. The summed E-state index contributed by atoms with van der Waals surface area (Å²) in [5.41, 5.74) is -2.16. The number of nitro groups is 1. The van der Waals surface area contributed by atoms with E-state index in [1.54, 1.807) is 13.8 Å². The van der Waals surface area contributed by atoms with E-state index in [9.17, 15) is 19.7 Å². The SMILES string of the molecule is CCOC(=O)C(=CN(c1cc(F)c([N+](=O)[O-])c(N2CCN(C)CC2)c1F)C1CC1)C(=O)OCC. The summed E-state index contributed by atoms with van der Waals surface area (Å²) < 4.78 is 40.8. The number of likely N-dealkylation sites (N-methyl/N-ethyl adjacent to an activating group) is 1. The number of hydrogen-bond acceptors (Lipinski definition) is 9. The lowest BCUT2D eigenvalue weighted by atomic mass is 10.1. The minimum atomic E-state index is -1.21. The molecule has 2 fully saturated rings. The van der Waals surface area contributed by atoms with Crippen molar-refractivity contribution in [1.82, 2.24) is 4.90 Å². The van der Waals surface area contributed by atoms with E-state index in [0.29, 0.717) is 25.9 Å². The van der Waals surface area contributed by atoms with E-state index in [-0.39, 0.29) is 38.0 Å². The molecule has 0 spiro atoms. The number of esters is 2. The van der Waals surface area contributed by atoms with Crippen molar-refractivity contribution in [3.05, 3.63) is 39.6 Å². The van der Waals surface area contributed by atoms with Gasteiger partial charge in [-0.25, -0.2) is 14.0 Å². The van der Waals surface area contributed by atoms with Crippen LogP contribution in [0.25, 0.3) is 0 Å². The van der Waals surface area contributed by atoms with E-state index < -0.39 is 45.4 Å². The number of nitrogens with zero attached hydrogens (tertiary/aromatic N) is 4. The molecular formula is C22H28F2N4O6. The zero-order valence-electron chi connectivity index (χ0n) is 19.4. The molecule has 10 nitrogen and oxygen atoms in total. The largest absolute Gasteiger partial charge is 0.462 e. The van der Waals surface area contributed by atoms with Gasteiger partial charge >= 0.3 is 17.6 Å². The van der Waals surface area contributed by atoms with Crippen molar-refractivity contribution < 1.29 is 32.8 Å². The summed E-state index contributed by atoms with van der Waals surface area (Å²) in [5, 5.41) is 11.6. The van der Waals surface area contributed by atoms with Crippen LogP contribution in [0.15, 0.2) is 17.8 Å². The third-order valence-electron chi connectivity index (χ3n) is 5.63. The van der Waals surface area contributed by atoms with Crippen molar-refractivity contribution in [1.29, 1.82) is 0 Å². The summed E-state index contributed by atoms with van der Waals surface area (Å²) in [6.07, 6.45) is 2.28. The first-order valence-corrected chi connectivity index (χ1v) is 11.1. The van der Waals surface area contributed by atoms with Crippen LogP contribution in [0.2, 0.25) is 0 Å². The highest BCUT2D eigenvalue weighted by atomic mass is 19.1. The second-order valence-corrected chi connectivity index (χ2v) is 8.06. The van der Waals surface area contributed by atoms with Crippen molar-refractivity contribution in [2.75, 3.05) is 56.2 Å². The van der Waals surface area contributed by atoms with Crippen molar-refractivity contribution in [2.24, 2.45) is 0 Å². The quantitative estimate of drug-likeness (QED) is 0.131. The average Bonchev–Trinajstić information content (AvgIpc) is 3.62. The van der Waals surface area contributed by atoms with Crippen LogP contribution >= 0.6 is 0 Å². The highest BCUT2D eigenvalue weighted by Crippen LogP contribution is 2.43. The van der Waals surface area contributed by atoms with Gasteiger partial charge < -0.3 is 24.2 Å². The fourth-order valence-electron chi connectivity index (χ4n) is 3.74. The minimum Gasteiger partial charge on any atom is -0.462 e. The molecule has 3 rings (SSSR count). The van der Waals surface area contributed by atoms with E-state index in [4.69, 9.17) is 9.47 Å². The second-order valence-electron chi connectivity index (χ2n) is 8.06. The van der Waals surface area contributed by atoms with Gasteiger partial charge in [0.2, 0.25) is 5.82 Å². The zero-order valence-corrected chi connectivity index (χ0v) is 19.4. The molecule has 186 valence electrons. The molecule has 0 N–H and O–H groups in total. The maximum atomic E-state index is 15.9. The smallest absolute Gasteiger partial charge is 0.347 e. The Bertz CT molecular complexity index is 970. The van der Waals surface area contributed by atoms with Crippen LogP contribution in [-0.4, -0.2) is 74.2 Å². The lowest BCUT2D eigenvalue weighted by molar-refractivity contribution is -0.386. The molecule has 1 aliphatic carbocycles. The van der Waals surface area contributed by atoms with Gasteiger partial charge in [-0.05, 0) is 33.7 Å². The average molecular weight is 482 g/mol. The molecule has 0 bridgehead atoms. The van der Waals surface area contributed by atoms with Gasteiger partial charge in [-0.15, -0.1) is 0 Å². The summed E-state index contributed by atoms with van der Waals surface area (Å²) in [6.45, 7) is 4.69. The summed E-state index contributed by atoms with van der Waals surface area (Å²) in [4.78, 5) is 40.2. The predicted octanol–water partition coefficient (Wildman–Crippen LogP) is 2.60. The first kappa shape index (κ1) is 25.3. The molecule has 0 radical (unpaired) electrons. The molecule has 34 heavy (non-hydrogen) atoms. The van der Waals surface area contributed by atoms with Crippen LogP contribution < -0.4 is 9.80 Å². The Hall–Kier alpha value is -3.28. The minimum absolute atomic E-state index is 0.00686. The molecule has 1 aliphatic heterocycles. The second kappa shape index (κ2) is 10.8. The van der Waals surface area contributed by atoms with Crippen LogP contribution in [0.5, 0.6) is 0 Å². The van der Waals surface area contributed by atoms with Gasteiger partial charge in [0.05, 0.1) is 23.8 Å². The number of benzene rings is 1.